The highest BCUT2D eigenvalue weighted by atomic mass is 79.9. The fourth-order valence-corrected chi connectivity index (χ4v) is 1.97. The third kappa shape index (κ3) is 4.49. The molecule has 0 aromatic heterocycles. The first-order chi connectivity index (χ1) is 7.81. The van der Waals surface area contributed by atoms with Gasteiger partial charge in [-0.05, 0) is 22.0 Å². The zero-order valence-corrected chi connectivity index (χ0v) is 11.5. The quantitative estimate of drug-likeness (QED) is 0.465. The molecule has 0 aliphatic rings. The lowest BCUT2D eigenvalue weighted by Crippen LogP contribution is -2.10. The summed E-state index contributed by atoms with van der Waals surface area (Å²) >= 11 is 3.08. The van der Waals surface area contributed by atoms with E-state index in [0.717, 1.165) is 0 Å². The molecule has 0 atom stereocenters. The molecule has 0 heterocycles. The minimum Gasteiger partial charge on any atom is -0.485 e. The fourth-order valence-electron chi connectivity index (χ4n) is 1.03. The van der Waals surface area contributed by atoms with E-state index in [9.17, 15) is 18.5 Å². The normalized spacial score (nSPS) is 11.2. The Morgan fingerprint density at radius 1 is 1.47 bits per heavy atom. The number of nitrogens with zero attached hydrogens (tertiary/aromatic N) is 1. The molecule has 6 nitrogen and oxygen atoms in total. The largest absolute Gasteiger partial charge is 0.485 e. The van der Waals surface area contributed by atoms with E-state index in [2.05, 4.69) is 15.9 Å². The van der Waals surface area contributed by atoms with Gasteiger partial charge in [0, 0.05) is 16.7 Å². The van der Waals surface area contributed by atoms with Crippen LogP contribution in [0.3, 0.4) is 0 Å². The van der Waals surface area contributed by atoms with Crippen LogP contribution in [0.2, 0.25) is 0 Å². The third-order valence-corrected chi connectivity index (χ3v) is 3.46. The van der Waals surface area contributed by atoms with Gasteiger partial charge in [-0.2, -0.15) is 0 Å². The fraction of sp³-hybridized carbons (Fsp3) is 0.250. The van der Waals surface area contributed by atoms with Crippen LogP contribution in [0.1, 0.15) is 0 Å². The summed E-state index contributed by atoms with van der Waals surface area (Å²) in [6.45, 7) is -0.255. The van der Waals surface area contributed by atoms with E-state index < -0.39 is 19.7 Å². The molecule has 94 valence electrons. The van der Waals surface area contributed by atoms with Crippen molar-refractivity contribution in [2.45, 2.75) is 0 Å². The molecule has 0 aliphatic heterocycles. The first-order valence-corrected chi connectivity index (χ1v) is 7.56. The van der Waals surface area contributed by atoms with E-state index >= 15 is 0 Å². The SMILES string of the molecule is O=[N+]([O-])c1cccc(Br)c1OCCS(=O)(=O)Cl. The smallest absolute Gasteiger partial charge is 0.312 e. The zero-order valence-electron chi connectivity index (χ0n) is 8.30. The van der Waals surface area contributed by atoms with E-state index in [1.165, 1.54) is 12.1 Å². The number of para-hydroxylation sites is 1. The standard InChI is InChI=1S/C8H7BrClNO5S/c9-6-2-1-3-7(11(12)13)8(6)16-4-5-17(10,14)15/h1-3H,4-5H2. The van der Waals surface area contributed by atoms with Crippen molar-refractivity contribution in [2.24, 2.45) is 0 Å². The van der Waals surface area contributed by atoms with E-state index in [-0.39, 0.29) is 18.0 Å². The first-order valence-electron chi connectivity index (χ1n) is 4.29. The van der Waals surface area contributed by atoms with Crippen molar-refractivity contribution < 1.29 is 18.1 Å². The van der Waals surface area contributed by atoms with Crippen LogP contribution in [-0.2, 0) is 9.05 Å². The predicted octanol–water partition coefficient (Wildman–Crippen LogP) is 2.30. The second kappa shape index (κ2) is 5.65. The Hall–Kier alpha value is -0.860. The molecule has 17 heavy (non-hydrogen) atoms. The van der Waals surface area contributed by atoms with Crippen LogP contribution in [-0.4, -0.2) is 25.7 Å². The van der Waals surface area contributed by atoms with Crippen molar-refractivity contribution >= 4 is 41.4 Å². The van der Waals surface area contributed by atoms with Gasteiger partial charge in [-0.3, -0.25) is 10.1 Å². The Morgan fingerprint density at radius 3 is 2.65 bits per heavy atom. The van der Waals surface area contributed by atoms with Gasteiger partial charge in [0.05, 0.1) is 15.1 Å². The van der Waals surface area contributed by atoms with Crippen molar-refractivity contribution in [1.82, 2.24) is 0 Å². The van der Waals surface area contributed by atoms with Crippen molar-refractivity contribution in [1.29, 1.82) is 0 Å². The number of rotatable bonds is 5. The molecule has 1 aromatic carbocycles. The van der Waals surface area contributed by atoms with Crippen LogP contribution in [0.4, 0.5) is 5.69 Å². The molecule has 0 amide bonds. The number of hydrogen-bond donors (Lipinski definition) is 0. The van der Waals surface area contributed by atoms with Gasteiger partial charge in [-0.1, -0.05) is 6.07 Å². The number of hydrogen-bond acceptors (Lipinski definition) is 5. The third-order valence-electron chi connectivity index (χ3n) is 1.72. The molecule has 0 fully saturated rings. The molecule has 1 rings (SSSR count). The average molecular weight is 345 g/mol. The van der Waals surface area contributed by atoms with Crippen LogP contribution >= 0.6 is 26.6 Å². The van der Waals surface area contributed by atoms with Crippen LogP contribution in [0.25, 0.3) is 0 Å². The summed E-state index contributed by atoms with van der Waals surface area (Å²) in [5.41, 5.74) is -0.244. The summed E-state index contributed by atoms with van der Waals surface area (Å²) in [7, 11) is 1.31. The van der Waals surface area contributed by atoms with Crippen LogP contribution < -0.4 is 4.74 Å². The molecule has 0 spiro atoms. The molecule has 0 unspecified atom stereocenters. The minimum atomic E-state index is -3.68. The van der Waals surface area contributed by atoms with Crippen molar-refractivity contribution in [3.05, 3.63) is 32.8 Å². The summed E-state index contributed by atoms with van der Waals surface area (Å²) in [5.74, 6) is -0.439. The Balaban J connectivity index is 2.86. The van der Waals surface area contributed by atoms with Gasteiger partial charge in [-0.15, -0.1) is 0 Å². The number of ether oxygens (including phenoxy) is 1. The highest BCUT2D eigenvalue weighted by molar-refractivity contribution is 9.10. The Labute approximate surface area is 110 Å². The Bertz CT molecular complexity index is 533. The van der Waals surface area contributed by atoms with E-state index in [1.54, 1.807) is 6.07 Å². The van der Waals surface area contributed by atoms with Gasteiger partial charge in [0.25, 0.3) is 0 Å². The predicted molar refractivity (Wildman–Crippen MR) is 65.9 cm³/mol. The van der Waals surface area contributed by atoms with Gasteiger partial charge in [0.1, 0.15) is 6.61 Å². The Kier molecular flexibility index (Phi) is 4.72. The maximum absolute atomic E-state index is 10.7. The van der Waals surface area contributed by atoms with E-state index in [0.29, 0.717) is 4.47 Å². The maximum Gasteiger partial charge on any atom is 0.312 e. The average Bonchev–Trinajstić information content (AvgIpc) is 2.18. The number of nitro benzene ring substituents is 1. The summed E-state index contributed by atoms with van der Waals surface area (Å²) in [6, 6.07) is 4.29. The monoisotopic (exact) mass is 343 g/mol. The first kappa shape index (κ1) is 14.2. The van der Waals surface area contributed by atoms with Crippen LogP contribution in [0.15, 0.2) is 22.7 Å². The molecular weight excluding hydrogens is 338 g/mol. The molecule has 0 aliphatic carbocycles. The number of nitro groups is 1. The second-order valence-electron chi connectivity index (χ2n) is 2.94. The topological polar surface area (TPSA) is 86.5 Å². The minimum absolute atomic E-state index is 0.0159. The van der Waals surface area contributed by atoms with Gasteiger partial charge in [-0.25, -0.2) is 8.42 Å². The molecule has 0 bridgehead atoms. The van der Waals surface area contributed by atoms with Crippen LogP contribution in [0, 0.1) is 10.1 Å². The second-order valence-corrected chi connectivity index (χ2v) is 6.69. The summed E-state index contributed by atoms with van der Waals surface area (Å²) < 4.78 is 26.8. The van der Waals surface area contributed by atoms with Crippen molar-refractivity contribution in [2.75, 3.05) is 12.4 Å². The summed E-state index contributed by atoms with van der Waals surface area (Å²) in [5, 5.41) is 10.7. The van der Waals surface area contributed by atoms with Gasteiger partial charge in [0.2, 0.25) is 14.8 Å². The summed E-state index contributed by atoms with van der Waals surface area (Å²) in [6.07, 6.45) is 0. The molecule has 9 heteroatoms. The van der Waals surface area contributed by atoms with Gasteiger partial charge < -0.3 is 4.74 Å². The molecule has 1 aromatic rings. The highest BCUT2D eigenvalue weighted by Crippen LogP contribution is 2.34. The molecule has 0 saturated carbocycles. The Morgan fingerprint density at radius 2 is 2.12 bits per heavy atom. The summed E-state index contributed by atoms with van der Waals surface area (Å²) in [4.78, 5) is 10.1. The lowest BCUT2D eigenvalue weighted by Gasteiger charge is -2.07. The molecule has 0 radical (unpaired) electrons. The van der Waals surface area contributed by atoms with Crippen LogP contribution in [0.5, 0.6) is 5.75 Å². The maximum atomic E-state index is 10.7. The van der Waals surface area contributed by atoms with Gasteiger partial charge in [0.15, 0.2) is 0 Å². The molecule has 0 N–H and O–H groups in total. The van der Waals surface area contributed by atoms with Crippen molar-refractivity contribution in [3.8, 4) is 5.75 Å². The molecular formula is C8H7BrClNO5S. The number of benzene rings is 1. The highest BCUT2D eigenvalue weighted by Gasteiger charge is 2.18. The van der Waals surface area contributed by atoms with Crippen molar-refractivity contribution in [3.63, 3.8) is 0 Å². The lowest BCUT2D eigenvalue weighted by molar-refractivity contribution is -0.385. The van der Waals surface area contributed by atoms with Gasteiger partial charge >= 0.3 is 5.69 Å². The zero-order chi connectivity index (χ0) is 13.1. The van der Waals surface area contributed by atoms with E-state index in [1.807, 2.05) is 0 Å². The van der Waals surface area contributed by atoms with E-state index in [4.69, 9.17) is 15.4 Å². The lowest BCUT2D eigenvalue weighted by atomic mass is 10.3. The molecule has 0 saturated heterocycles. The number of halogens is 2.